The zero-order valence-electron chi connectivity index (χ0n) is 11.2. The number of hydrogen-bond acceptors (Lipinski definition) is 4. The number of hydrogen-bond donors (Lipinski definition) is 1. The summed E-state index contributed by atoms with van der Waals surface area (Å²) in [5.41, 5.74) is 0.620. The summed E-state index contributed by atoms with van der Waals surface area (Å²) in [7, 11) is 0. The van der Waals surface area contributed by atoms with Crippen LogP contribution in [0.1, 0.15) is 11.6 Å². The van der Waals surface area contributed by atoms with Crippen LogP contribution in [0.5, 0.6) is 11.5 Å². The molecule has 2 heterocycles. The van der Waals surface area contributed by atoms with Crippen LogP contribution in [0, 0.1) is 0 Å². The predicted molar refractivity (Wildman–Crippen MR) is 73.1 cm³/mol. The van der Waals surface area contributed by atoms with Crippen LogP contribution in [0.3, 0.4) is 0 Å². The van der Waals surface area contributed by atoms with E-state index < -0.39 is 19.0 Å². The SMILES string of the molecule is Cl.FC[C@@H](c1ccc2c(c1)OC(F)(F)O2)N1CCNCC1. The fourth-order valence-corrected chi connectivity index (χ4v) is 2.56. The molecule has 8 heteroatoms. The maximum atomic E-state index is 13.3. The van der Waals surface area contributed by atoms with E-state index in [1.807, 2.05) is 4.90 Å². The number of nitrogens with one attached hydrogen (secondary N) is 1. The second-order valence-corrected chi connectivity index (χ2v) is 4.83. The molecule has 1 aromatic rings. The molecule has 0 spiro atoms. The highest BCUT2D eigenvalue weighted by Gasteiger charge is 2.43. The van der Waals surface area contributed by atoms with E-state index in [9.17, 15) is 13.2 Å². The van der Waals surface area contributed by atoms with E-state index in [-0.39, 0.29) is 23.9 Å². The van der Waals surface area contributed by atoms with Gasteiger partial charge in [0.05, 0.1) is 6.04 Å². The Balaban J connectivity index is 0.00000161. The second kappa shape index (κ2) is 6.29. The summed E-state index contributed by atoms with van der Waals surface area (Å²) in [6, 6.07) is 4.00. The summed E-state index contributed by atoms with van der Waals surface area (Å²) in [4.78, 5) is 1.99. The van der Waals surface area contributed by atoms with Gasteiger partial charge in [-0.25, -0.2) is 4.39 Å². The van der Waals surface area contributed by atoms with Crippen molar-refractivity contribution in [3.8, 4) is 11.5 Å². The largest absolute Gasteiger partial charge is 0.586 e. The Morgan fingerprint density at radius 3 is 2.52 bits per heavy atom. The van der Waals surface area contributed by atoms with Crippen molar-refractivity contribution in [2.75, 3.05) is 32.9 Å². The average molecular weight is 325 g/mol. The molecule has 1 N–H and O–H groups in total. The summed E-state index contributed by atoms with van der Waals surface area (Å²) in [5.74, 6) is -0.0576. The molecule has 2 aliphatic rings. The lowest BCUT2D eigenvalue weighted by atomic mass is 10.0. The number of fused-ring (bicyclic) bond motifs is 1. The van der Waals surface area contributed by atoms with Crippen LogP contribution in [0.4, 0.5) is 13.2 Å². The summed E-state index contributed by atoms with van der Waals surface area (Å²) < 4.78 is 48.0. The maximum absolute atomic E-state index is 13.3. The molecule has 3 rings (SSSR count). The lowest BCUT2D eigenvalue weighted by Gasteiger charge is -2.33. The van der Waals surface area contributed by atoms with Crippen molar-refractivity contribution >= 4 is 12.4 Å². The van der Waals surface area contributed by atoms with E-state index in [1.165, 1.54) is 12.1 Å². The number of alkyl halides is 3. The number of rotatable bonds is 3. The van der Waals surface area contributed by atoms with E-state index in [0.717, 1.165) is 26.2 Å². The van der Waals surface area contributed by atoms with Crippen molar-refractivity contribution in [3.05, 3.63) is 23.8 Å². The quantitative estimate of drug-likeness (QED) is 0.925. The second-order valence-electron chi connectivity index (χ2n) is 4.83. The molecular weight excluding hydrogens is 309 g/mol. The fourth-order valence-electron chi connectivity index (χ4n) is 2.56. The van der Waals surface area contributed by atoms with E-state index in [4.69, 9.17) is 0 Å². The first-order chi connectivity index (χ1) is 9.59. The summed E-state index contributed by atoms with van der Waals surface area (Å²) in [6.07, 6.45) is -3.64. The van der Waals surface area contributed by atoms with Crippen LogP contribution in [0.2, 0.25) is 0 Å². The van der Waals surface area contributed by atoms with Gasteiger partial charge in [-0.2, -0.15) is 0 Å². The molecule has 0 radical (unpaired) electrons. The van der Waals surface area contributed by atoms with Crippen LogP contribution in [-0.4, -0.2) is 44.0 Å². The number of nitrogens with zero attached hydrogens (tertiary/aromatic N) is 1. The van der Waals surface area contributed by atoms with E-state index in [1.54, 1.807) is 6.07 Å². The van der Waals surface area contributed by atoms with Gasteiger partial charge in [0.15, 0.2) is 11.5 Å². The van der Waals surface area contributed by atoms with Gasteiger partial charge in [0, 0.05) is 26.2 Å². The van der Waals surface area contributed by atoms with Crippen molar-refractivity contribution < 1.29 is 22.6 Å². The average Bonchev–Trinajstić information content (AvgIpc) is 2.74. The van der Waals surface area contributed by atoms with Gasteiger partial charge in [0.2, 0.25) is 0 Å². The predicted octanol–water partition coefficient (Wildman–Crippen LogP) is 2.35. The highest BCUT2D eigenvalue weighted by atomic mass is 35.5. The van der Waals surface area contributed by atoms with Gasteiger partial charge in [-0.1, -0.05) is 6.07 Å². The van der Waals surface area contributed by atoms with Crippen molar-refractivity contribution in [2.24, 2.45) is 0 Å². The minimum Gasteiger partial charge on any atom is -0.395 e. The highest BCUT2D eigenvalue weighted by Crippen LogP contribution is 2.42. The molecule has 118 valence electrons. The first-order valence-electron chi connectivity index (χ1n) is 6.49. The van der Waals surface area contributed by atoms with E-state index >= 15 is 0 Å². The third kappa shape index (κ3) is 3.36. The van der Waals surface area contributed by atoms with Gasteiger partial charge < -0.3 is 14.8 Å². The molecule has 0 saturated carbocycles. The Labute approximate surface area is 126 Å². The Morgan fingerprint density at radius 2 is 1.86 bits per heavy atom. The topological polar surface area (TPSA) is 33.7 Å². The third-order valence-corrected chi connectivity index (χ3v) is 3.55. The van der Waals surface area contributed by atoms with Crippen molar-refractivity contribution in [1.29, 1.82) is 0 Å². The molecule has 0 aromatic heterocycles. The molecule has 1 fully saturated rings. The highest BCUT2D eigenvalue weighted by molar-refractivity contribution is 5.85. The minimum atomic E-state index is -3.64. The smallest absolute Gasteiger partial charge is 0.395 e. The normalized spacial score (nSPS) is 21.7. The van der Waals surface area contributed by atoms with Gasteiger partial charge in [0.25, 0.3) is 0 Å². The van der Waals surface area contributed by atoms with Crippen molar-refractivity contribution in [1.82, 2.24) is 10.2 Å². The van der Waals surface area contributed by atoms with Gasteiger partial charge in [0.1, 0.15) is 6.67 Å². The lowest BCUT2D eigenvalue weighted by Crippen LogP contribution is -2.45. The first-order valence-corrected chi connectivity index (χ1v) is 6.49. The molecule has 21 heavy (non-hydrogen) atoms. The zero-order valence-corrected chi connectivity index (χ0v) is 12.0. The van der Waals surface area contributed by atoms with E-state index in [0.29, 0.717) is 5.56 Å². The fraction of sp³-hybridized carbons (Fsp3) is 0.538. The molecule has 4 nitrogen and oxygen atoms in total. The Bertz CT molecular complexity index is 498. The van der Waals surface area contributed by atoms with E-state index in [2.05, 4.69) is 14.8 Å². The van der Waals surface area contributed by atoms with Crippen LogP contribution in [-0.2, 0) is 0 Å². The molecule has 1 saturated heterocycles. The summed E-state index contributed by atoms with van der Waals surface area (Å²) in [6.45, 7) is 2.45. The third-order valence-electron chi connectivity index (χ3n) is 3.55. The van der Waals surface area contributed by atoms with Crippen LogP contribution >= 0.6 is 12.4 Å². The van der Waals surface area contributed by atoms with Gasteiger partial charge in [-0.15, -0.1) is 21.2 Å². The number of ether oxygens (including phenoxy) is 2. The molecule has 1 atom stereocenters. The van der Waals surface area contributed by atoms with Crippen LogP contribution < -0.4 is 14.8 Å². The molecule has 2 aliphatic heterocycles. The monoisotopic (exact) mass is 324 g/mol. The molecule has 0 amide bonds. The first kappa shape index (κ1) is 16.2. The summed E-state index contributed by atoms with van der Waals surface area (Å²) >= 11 is 0. The molecule has 0 bridgehead atoms. The minimum absolute atomic E-state index is 0. The zero-order chi connectivity index (χ0) is 14.2. The molecule has 0 aliphatic carbocycles. The lowest BCUT2D eigenvalue weighted by molar-refractivity contribution is -0.286. The standard InChI is InChI=1S/C13H15F3N2O2.ClH/c14-8-10(18-5-3-17-4-6-18)9-1-2-11-12(7-9)20-13(15,16)19-11;/h1-2,7,10,17H,3-6,8H2;1H/t10-;/m0./s1. The number of piperazine rings is 1. The molecular formula is C13H16ClF3N2O2. The Hall–Kier alpha value is -1.18. The number of halogens is 4. The maximum Gasteiger partial charge on any atom is 0.586 e. The van der Waals surface area contributed by atoms with Crippen LogP contribution in [0.15, 0.2) is 18.2 Å². The van der Waals surface area contributed by atoms with Gasteiger partial charge in [-0.05, 0) is 17.7 Å². The molecule has 1 aromatic carbocycles. The Morgan fingerprint density at radius 1 is 1.19 bits per heavy atom. The van der Waals surface area contributed by atoms with Crippen LogP contribution in [0.25, 0.3) is 0 Å². The van der Waals surface area contributed by atoms with Gasteiger partial charge in [-0.3, -0.25) is 4.90 Å². The van der Waals surface area contributed by atoms with Crippen molar-refractivity contribution in [2.45, 2.75) is 12.3 Å². The molecule has 0 unspecified atom stereocenters. The van der Waals surface area contributed by atoms with Gasteiger partial charge >= 0.3 is 6.29 Å². The summed E-state index contributed by atoms with van der Waals surface area (Å²) in [5, 5.41) is 3.19. The Kier molecular flexibility index (Phi) is 4.85. The number of benzene rings is 1. The van der Waals surface area contributed by atoms with Crippen molar-refractivity contribution in [3.63, 3.8) is 0 Å².